The Balaban J connectivity index is 1.84. The van der Waals surface area contributed by atoms with E-state index in [1.807, 2.05) is 37.3 Å². The molecule has 1 heterocycles. The van der Waals surface area contributed by atoms with Crippen LogP contribution in [0.1, 0.15) is 44.1 Å². The molecule has 0 radical (unpaired) electrons. The standard InChI is InChI=1S/C16H23N5OS/c1-3-4-10-14-19-20-16(21(14)17)23-11-15(22)18-12(2)13-8-6-5-7-9-13/h5-9,12H,3-4,10-11,17H2,1-2H3,(H,18,22)/t12-/m1/s1. The number of amides is 1. The average molecular weight is 333 g/mol. The van der Waals surface area contributed by atoms with Crippen LogP contribution in [0.4, 0.5) is 0 Å². The number of carbonyl (C=O) groups is 1. The van der Waals surface area contributed by atoms with Gasteiger partial charge in [0, 0.05) is 6.42 Å². The molecule has 0 unspecified atom stereocenters. The van der Waals surface area contributed by atoms with Crippen LogP contribution in [0.15, 0.2) is 35.5 Å². The molecule has 124 valence electrons. The molecule has 1 aromatic heterocycles. The molecule has 23 heavy (non-hydrogen) atoms. The van der Waals surface area contributed by atoms with Gasteiger partial charge in [-0.05, 0) is 18.9 Å². The summed E-state index contributed by atoms with van der Waals surface area (Å²) in [5.74, 6) is 6.93. The SMILES string of the molecule is CCCCc1nnc(SCC(=O)N[C@H](C)c2ccccc2)n1N. The van der Waals surface area contributed by atoms with Crippen LogP contribution in [-0.4, -0.2) is 26.5 Å². The lowest BCUT2D eigenvalue weighted by molar-refractivity contribution is -0.119. The Hall–Kier alpha value is -2.02. The van der Waals surface area contributed by atoms with Crippen LogP contribution in [0.2, 0.25) is 0 Å². The van der Waals surface area contributed by atoms with Crippen molar-refractivity contribution in [3.05, 3.63) is 41.7 Å². The van der Waals surface area contributed by atoms with Gasteiger partial charge in [0.15, 0.2) is 5.82 Å². The number of hydrogen-bond donors (Lipinski definition) is 2. The predicted molar refractivity (Wildman–Crippen MR) is 92.5 cm³/mol. The number of aromatic nitrogens is 3. The van der Waals surface area contributed by atoms with E-state index in [-0.39, 0.29) is 17.7 Å². The smallest absolute Gasteiger partial charge is 0.230 e. The zero-order valence-electron chi connectivity index (χ0n) is 13.5. The van der Waals surface area contributed by atoms with Crippen molar-refractivity contribution in [2.45, 2.75) is 44.3 Å². The quantitative estimate of drug-likeness (QED) is 0.572. The Kier molecular flexibility index (Phi) is 6.46. The van der Waals surface area contributed by atoms with E-state index in [9.17, 15) is 4.79 Å². The summed E-state index contributed by atoms with van der Waals surface area (Å²) in [7, 11) is 0. The number of unbranched alkanes of at least 4 members (excludes halogenated alkanes) is 1. The topological polar surface area (TPSA) is 85.8 Å². The Morgan fingerprint density at radius 1 is 1.35 bits per heavy atom. The third-order valence-corrected chi connectivity index (χ3v) is 4.44. The molecule has 0 fully saturated rings. The highest BCUT2D eigenvalue weighted by atomic mass is 32.2. The molecule has 0 bridgehead atoms. The van der Waals surface area contributed by atoms with E-state index in [0.29, 0.717) is 5.16 Å². The number of nitrogens with zero attached hydrogens (tertiary/aromatic N) is 3. The summed E-state index contributed by atoms with van der Waals surface area (Å²) < 4.78 is 1.48. The van der Waals surface area contributed by atoms with E-state index in [1.54, 1.807) is 0 Å². The lowest BCUT2D eigenvalue weighted by Gasteiger charge is -2.13. The normalized spacial score (nSPS) is 12.1. The molecule has 0 spiro atoms. The largest absolute Gasteiger partial charge is 0.349 e. The van der Waals surface area contributed by atoms with Crippen molar-refractivity contribution in [1.82, 2.24) is 20.2 Å². The lowest BCUT2D eigenvalue weighted by atomic mass is 10.1. The summed E-state index contributed by atoms with van der Waals surface area (Å²) in [4.78, 5) is 12.1. The molecule has 1 amide bonds. The molecule has 2 aromatic rings. The van der Waals surface area contributed by atoms with Crippen molar-refractivity contribution in [2.75, 3.05) is 11.6 Å². The molecule has 6 nitrogen and oxygen atoms in total. The number of rotatable bonds is 8. The minimum atomic E-state index is -0.0514. The van der Waals surface area contributed by atoms with Crippen molar-refractivity contribution in [3.63, 3.8) is 0 Å². The highest BCUT2D eigenvalue weighted by molar-refractivity contribution is 7.99. The minimum absolute atomic E-state index is 0.0276. The fourth-order valence-electron chi connectivity index (χ4n) is 2.15. The first-order valence-electron chi connectivity index (χ1n) is 7.78. The number of thioether (sulfide) groups is 1. The van der Waals surface area contributed by atoms with Crippen LogP contribution in [0.3, 0.4) is 0 Å². The van der Waals surface area contributed by atoms with Crippen molar-refractivity contribution < 1.29 is 4.79 Å². The van der Waals surface area contributed by atoms with Gasteiger partial charge in [-0.25, -0.2) is 4.68 Å². The summed E-state index contributed by atoms with van der Waals surface area (Å²) in [5, 5.41) is 11.7. The summed E-state index contributed by atoms with van der Waals surface area (Å²) in [6, 6.07) is 9.84. The maximum atomic E-state index is 12.1. The molecule has 1 aromatic carbocycles. The Bertz CT molecular complexity index is 629. The van der Waals surface area contributed by atoms with Gasteiger partial charge in [0.05, 0.1) is 11.8 Å². The molecule has 7 heteroatoms. The number of carbonyl (C=O) groups excluding carboxylic acids is 1. The van der Waals surface area contributed by atoms with Gasteiger partial charge >= 0.3 is 0 Å². The first kappa shape index (κ1) is 17.3. The molecular weight excluding hydrogens is 310 g/mol. The van der Waals surface area contributed by atoms with Gasteiger partial charge in [-0.1, -0.05) is 55.4 Å². The predicted octanol–water partition coefficient (Wildman–Crippen LogP) is 2.30. The highest BCUT2D eigenvalue weighted by Crippen LogP contribution is 2.16. The first-order valence-corrected chi connectivity index (χ1v) is 8.76. The molecule has 0 saturated carbocycles. The van der Waals surface area contributed by atoms with Crippen LogP contribution < -0.4 is 11.2 Å². The van der Waals surface area contributed by atoms with Gasteiger partial charge in [-0.3, -0.25) is 4.79 Å². The summed E-state index contributed by atoms with van der Waals surface area (Å²) in [5.41, 5.74) is 1.08. The average Bonchev–Trinajstić information content (AvgIpc) is 2.92. The Morgan fingerprint density at radius 2 is 2.09 bits per heavy atom. The fourth-order valence-corrected chi connectivity index (χ4v) is 2.84. The van der Waals surface area contributed by atoms with Crippen LogP contribution >= 0.6 is 11.8 Å². The third-order valence-electron chi connectivity index (χ3n) is 3.50. The molecule has 0 aliphatic rings. The summed E-state index contributed by atoms with van der Waals surface area (Å²) in [6.07, 6.45) is 2.90. The van der Waals surface area contributed by atoms with Crippen LogP contribution in [0.5, 0.6) is 0 Å². The van der Waals surface area contributed by atoms with Gasteiger partial charge in [0.2, 0.25) is 11.1 Å². The maximum absolute atomic E-state index is 12.1. The third kappa shape index (κ3) is 4.99. The molecule has 0 saturated heterocycles. The monoisotopic (exact) mass is 333 g/mol. The van der Waals surface area contributed by atoms with Crippen molar-refractivity contribution in [2.24, 2.45) is 0 Å². The van der Waals surface area contributed by atoms with Gasteiger partial charge in [0.1, 0.15) is 0 Å². The van der Waals surface area contributed by atoms with Crippen molar-refractivity contribution >= 4 is 17.7 Å². The molecule has 1 atom stereocenters. The van der Waals surface area contributed by atoms with E-state index in [4.69, 9.17) is 5.84 Å². The second-order valence-corrected chi connectivity index (χ2v) is 6.30. The van der Waals surface area contributed by atoms with Crippen LogP contribution in [0, 0.1) is 0 Å². The molecule has 2 rings (SSSR count). The summed E-state index contributed by atoms with van der Waals surface area (Å²) in [6.45, 7) is 4.08. The van der Waals surface area contributed by atoms with Gasteiger partial charge < -0.3 is 11.2 Å². The van der Waals surface area contributed by atoms with Gasteiger partial charge in [-0.2, -0.15) is 0 Å². The molecule has 0 aliphatic carbocycles. The molecular formula is C16H23N5OS. The zero-order chi connectivity index (χ0) is 16.7. The van der Waals surface area contributed by atoms with Crippen LogP contribution in [0.25, 0.3) is 0 Å². The number of benzene rings is 1. The number of nitrogens with two attached hydrogens (primary N) is 1. The van der Waals surface area contributed by atoms with Gasteiger partial charge in [-0.15, -0.1) is 10.2 Å². The van der Waals surface area contributed by atoms with E-state index >= 15 is 0 Å². The minimum Gasteiger partial charge on any atom is -0.349 e. The maximum Gasteiger partial charge on any atom is 0.230 e. The Morgan fingerprint density at radius 3 is 2.78 bits per heavy atom. The number of hydrogen-bond acceptors (Lipinski definition) is 5. The lowest BCUT2D eigenvalue weighted by Crippen LogP contribution is -2.28. The van der Waals surface area contributed by atoms with E-state index in [1.165, 1.54) is 16.4 Å². The van der Waals surface area contributed by atoms with Crippen molar-refractivity contribution in [1.29, 1.82) is 0 Å². The molecule has 0 aliphatic heterocycles. The number of nitrogen functional groups attached to an aromatic ring is 1. The second-order valence-electron chi connectivity index (χ2n) is 5.36. The van der Waals surface area contributed by atoms with Crippen LogP contribution in [-0.2, 0) is 11.2 Å². The van der Waals surface area contributed by atoms with Crippen molar-refractivity contribution in [3.8, 4) is 0 Å². The first-order chi connectivity index (χ1) is 11.1. The van der Waals surface area contributed by atoms with Gasteiger partial charge in [0.25, 0.3) is 0 Å². The van der Waals surface area contributed by atoms with E-state index in [2.05, 4.69) is 22.4 Å². The Labute approximate surface area is 140 Å². The zero-order valence-corrected chi connectivity index (χ0v) is 14.3. The van der Waals surface area contributed by atoms with E-state index < -0.39 is 0 Å². The number of nitrogens with one attached hydrogen (secondary N) is 1. The number of aryl methyl sites for hydroxylation is 1. The second kappa shape index (κ2) is 8.57. The molecule has 3 N–H and O–H groups in total. The van der Waals surface area contributed by atoms with E-state index in [0.717, 1.165) is 30.7 Å². The highest BCUT2D eigenvalue weighted by Gasteiger charge is 2.13. The fraction of sp³-hybridized carbons (Fsp3) is 0.438. The summed E-state index contributed by atoms with van der Waals surface area (Å²) >= 11 is 1.30.